The third-order valence-electron chi connectivity index (χ3n) is 2.04. The molecule has 0 amide bonds. The Kier molecular flexibility index (Phi) is 2.56. The molecule has 1 rings (SSSR count). The Morgan fingerprint density at radius 1 is 1.31 bits per heavy atom. The number of rotatable bonds is 2. The largest absolute Gasteiger partial charge is 0.478 e. The normalized spacial score (nSPS) is 9.77. The number of aryl methyl sites for hydroxylation is 2. The summed E-state index contributed by atoms with van der Waals surface area (Å²) < 4.78 is 0. The van der Waals surface area contributed by atoms with Gasteiger partial charge in [0.05, 0.1) is 5.56 Å². The van der Waals surface area contributed by atoms with Gasteiger partial charge < -0.3 is 10.4 Å². The van der Waals surface area contributed by atoms with Crippen LogP contribution in [0.15, 0.2) is 12.1 Å². The van der Waals surface area contributed by atoms with E-state index in [9.17, 15) is 4.79 Å². The fraction of sp³-hybridized carbons (Fsp3) is 0.300. The maximum atomic E-state index is 10.8. The molecule has 70 valence electrons. The van der Waals surface area contributed by atoms with E-state index in [-0.39, 0.29) is 0 Å². The van der Waals surface area contributed by atoms with Gasteiger partial charge in [-0.1, -0.05) is 0 Å². The molecule has 0 atom stereocenters. The average molecular weight is 179 g/mol. The topological polar surface area (TPSA) is 49.3 Å². The molecule has 0 aliphatic rings. The number of hydrogen-bond donors (Lipinski definition) is 2. The van der Waals surface area contributed by atoms with Crippen molar-refractivity contribution in [2.24, 2.45) is 0 Å². The lowest BCUT2D eigenvalue weighted by Gasteiger charge is -2.08. The lowest BCUT2D eigenvalue weighted by atomic mass is 10.0. The van der Waals surface area contributed by atoms with Gasteiger partial charge in [0.2, 0.25) is 0 Å². The molecular weight excluding hydrogens is 166 g/mol. The van der Waals surface area contributed by atoms with E-state index in [1.54, 1.807) is 13.8 Å². The second-order valence-corrected chi connectivity index (χ2v) is 3.04. The van der Waals surface area contributed by atoms with Gasteiger partial charge in [-0.25, -0.2) is 4.79 Å². The van der Waals surface area contributed by atoms with Gasteiger partial charge in [0, 0.05) is 12.7 Å². The van der Waals surface area contributed by atoms with E-state index in [2.05, 4.69) is 5.32 Å². The summed E-state index contributed by atoms with van der Waals surface area (Å²) in [5.74, 6) is -0.863. The third-order valence-corrected chi connectivity index (χ3v) is 2.04. The van der Waals surface area contributed by atoms with Crippen molar-refractivity contribution in [2.75, 3.05) is 12.4 Å². The van der Waals surface area contributed by atoms with E-state index >= 15 is 0 Å². The Labute approximate surface area is 77.4 Å². The molecule has 0 heterocycles. The molecule has 13 heavy (non-hydrogen) atoms. The molecule has 0 aliphatic heterocycles. The van der Waals surface area contributed by atoms with Gasteiger partial charge in [-0.15, -0.1) is 0 Å². The lowest BCUT2D eigenvalue weighted by Crippen LogP contribution is -2.04. The fourth-order valence-electron chi connectivity index (χ4n) is 1.45. The van der Waals surface area contributed by atoms with Crippen LogP contribution >= 0.6 is 0 Å². The first-order chi connectivity index (χ1) is 6.06. The zero-order chi connectivity index (χ0) is 10.0. The summed E-state index contributed by atoms with van der Waals surface area (Å²) in [4.78, 5) is 10.8. The van der Waals surface area contributed by atoms with Crippen LogP contribution < -0.4 is 5.32 Å². The van der Waals surface area contributed by atoms with E-state index in [0.29, 0.717) is 5.56 Å². The first-order valence-electron chi connectivity index (χ1n) is 4.08. The van der Waals surface area contributed by atoms with Crippen molar-refractivity contribution in [3.05, 3.63) is 28.8 Å². The Morgan fingerprint density at radius 2 is 1.77 bits per heavy atom. The molecular formula is C10H13NO2. The van der Waals surface area contributed by atoms with Gasteiger partial charge in [-0.2, -0.15) is 0 Å². The van der Waals surface area contributed by atoms with Gasteiger partial charge >= 0.3 is 5.97 Å². The minimum atomic E-state index is -0.863. The summed E-state index contributed by atoms with van der Waals surface area (Å²) in [6.07, 6.45) is 0. The third kappa shape index (κ3) is 1.80. The highest BCUT2D eigenvalue weighted by Crippen LogP contribution is 2.19. The van der Waals surface area contributed by atoms with E-state index in [1.807, 2.05) is 19.2 Å². The number of nitrogens with one attached hydrogen (secondary N) is 1. The van der Waals surface area contributed by atoms with Crippen molar-refractivity contribution in [2.45, 2.75) is 13.8 Å². The van der Waals surface area contributed by atoms with Crippen LogP contribution in [-0.4, -0.2) is 18.1 Å². The van der Waals surface area contributed by atoms with Crippen molar-refractivity contribution >= 4 is 11.7 Å². The van der Waals surface area contributed by atoms with E-state index < -0.39 is 5.97 Å². The van der Waals surface area contributed by atoms with Crippen LogP contribution in [0, 0.1) is 13.8 Å². The standard InChI is InChI=1S/C10H13NO2/c1-6-4-8(11-3)5-7(2)9(6)10(12)13/h4-5,11H,1-3H3,(H,12,13). The SMILES string of the molecule is CNc1cc(C)c(C(=O)O)c(C)c1. The van der Waals surface area contributed by atoms with E-state index in [1.165, 1.54) is 0 Å². The molecule has 0 saturated carbocycles. The highest BCUT2D eigenvalue weighted by atomic mass is 16.4. The van der Waals surface area contributed by atoms with Crippen molar-refractivity contribution in [1.82, 2.24) is 0 Å². The predicted molar refractivity (Wildman–Crippen MR) is 52.4 cm³/mol. The van der Waals surface area contributed by atoms with Gasteiger partial charge in [-0.05, 0) is 37.1 Å². The second-order valence-electron chi connectivity index (χ2n) is 3.04. The zero-order valence-electron chi connectivity index (χ0n) is 8.01. The van der Waals surface area contributed by atoms with Crippen LogP contribution in [0.2, 0.25) is 0 Å². The molecule has 0 saturated heterocycles. The number of benzene rings is 1. The number of carboxylic acids is 1. The van der Waals surface area contributed by atoms with Gasteiger partial charge in [0.1, 0.15) is 0 Å². The van der Waals surface area contributed by atoms with E-state index in [0.717, 1.165) is 16.8 Å². The number of aromatic carboxylic acids is 1. The maximum Gasteiger partial charge on any atom is 0.336 e. The van der Waals surface area contributed by atoms with Crippen molar-refractivity contribution in [1.29, 1.82) is 0 Å². The van der Waals surface area contributed by atoms with Gasteiger partial charge in [0.25, 0.3) is 0 Å². The van der Waals surface area contributed by atoms with Gasteiger partial charge in [-0.3, -0.25) is 0 Å². The monoisotopic (exact) mass is 179 g/mol. The van der Waals surface area contributed by atoms with Crippen LogP contribution in [0.5, 0.6) is 0 Å². The predicted octanol–water partition coefficient (Wildman–Crippen LogP) is 2.04. The highest BCUT2D eigenvalue weighted by molar-refractivity contribution is 5.91. The van der Waals surface area contributed by atoms with Crippen LogP contribution in [0.4, 0.5) is 5.69 Å². The molecule has 3 nitrogen and oxygen atoms in total. The molecule has 1 aromatic rings. The lowest BCUT2D eigenvalue weighted by molar-refractivity contribution is 0.0695. The molecule has 1 aromatic carbocycles. The van der Waals surface area contributed by atoms with Crippen LogP contribution in [0.25, 0.3) is 0 Å². The summed E-state index contributed by atoms with van der Waals surface area (Å²) in [5.41, 5.74) is 2.92. The summed E-state index contributed by atoms with van der Waals surface area (Å²) in [5, 5.41) is 11.9. The number of anilines is 1. The molecule has 0 fully saturated rings. The van der Waals surface area contributed by atoms with Crippen molar-refractivity contribution in [3.8, 4) is 0 Å². The van der Waals surface area contributed by atoms with Crippen LogP contribution in [0.3, 0.4) is 0 Å². The molecule has 0 unspecified atom stereocenters. The first kappa shape index (κ1) is 9.58. The Bertz CT molecular complexity index is 322. The quantitative estimate of drug-likeness (QED) is 0.730. The average Bonchev–Trinajstić information content (AvgIpc) is 2.02. The summed E-state index contributed by atoms with van der Waals surface area (Å²) >= 11 is 0. The maximum absolute atomic E-state index is 10.8. The van der Waals surface area contributed by atoms with Gasteiger partial charge in [0.15, 0.2) is 0 Å². The first-order valence-corrected chi connectivity index (χ1v) is 4.08. The molecule has 3 heteroatoms. The molecule has 0 radical (unpaired) electrons. The molecule has 2 N–H and O–H groups in total. The summed E-state index contributed by atoms with van der Waals surface area (Å²) in [6, 6.07) is 3.66. The number of carbonyl (C=O) groups is 1. The summed E-state index contributed by atoms with van der Waals surface area (Å²) in [7, 11) is 1.81. The van der Waals surface area contributed by atoms with Crippen LogP contribution in [0.1, 0.15) is 21.5 Å². The van der Waals surface area contributed by atoms with Crippen molar-refractivity contribution in [3.63, 3.8) is 0 Å². The second kappa shape index (κ2) is 3.47. The molecule has 0 aliphatic carbocycles. The Morgan fingerprint density at radius 3 is 2.08 bits per heavy atom. The zero-order valence-corrected chi connectivity index (χ0v) is 8.01. The molecule has 0 aromatic heterocycles. The number of hydrogen-bond acceptors (Lipinski definition) is 2. The Hall–Kier alpha value is -1.51. The summed E-state index contributed by atoms with van der Waals surface area (Å²) in [6.45, 7) is 3.61. The number of carboxylic acid groups (broad SMARTS) is 1. The Balaban J connectivity index is 3.31. The highest BCUT2D eigenvalue weighted by Gasteiger charge is 2.10. The minimum absolute atomic E-state index is 0.402. The minimum Gasteiger partial charge on any atom is -0.478 e. The van der Waals surface area contributed by atoms with Crippen molar-refractivity contribution < 1.29 is 9.90 Å². The molecule has 0 spiro atoms. The van der Waals surface area contributed by atoms with E-state index in [4.69, 9.17) is 5.11 Å². The van der Waals surface area contributed by atoms with Crippen LogP contribution in [-0.2, 0) is 0 Å². The smallest absolute Gasteiger partial charge is 0.336 e. The fourth-order valence-corrected chi connectivity index (χ4v) is 1.45. The molecule has 0 bridgehead atoms.